The molecule has 0 bridgehead atoms. The molecule has 0 aromatic carbocycles. The molecular formula is C20H25N3O2S2. The van der Waals surface area contributed by atoms with Gasteiger partial charge in [0.1, 0.15) is 9.88 Å². The first-order valence-electron chi connectivity index (χ1n) is 9.80. The van der Waals surface area contributed by atoms with Crippen molar-refractivity contribution in [1.82, 2.24) is 15.2 Å². The second kappa shape index (κ2) is 8.52. The van der Waals surface area contributed by atoms with Crippen LogP contribution in [0.5, 0.6) is 0 Å². The van der Waals surface area contributed by atoms with E-state index < -0.39 is 0 Å². The normalized spacial score (nSPS) is 19.2. The van der Waals surface area contributed by atoms with Crippen LogP contribution in [-0.2, 0) is 4.79 Å². The lowest BCUT2D eigenvalue weighted by Crippen LogP contribution is -2.48. The van der Waals surface area contributed by atoms with E-state index in [1.165, 1.54) is 30.6 Å². The summed E-state index contributed by atoms with van der Waals surface area (Å²) in [5.41, 5.74) is 0. The zero-order valence-corrected chi connectivity index (χ0v) is 17.0. The lowest BCUT2D eigenvalue weighted by Gasteiger charge is -2.33. The summed E-state index contributed by atoms with van der Waals surface area (Å²) in [5, 5.41) is 6.15. The van der Waals surface area contributed by atoms with E-state index in [-0.39, 0.29) is 23.8 Å². The molecule has 1 aliphatic carbocycles. The number of rotatable bonds is 4. The number of thiophene rings is 1. The maximum atomic E-state index is 12.8. The number of thiazole rings is 1. The fraction of sp³-hybridized carbons (Fsp3) is 0.550. The van der Waals surface area contributed by atoms with Crippen molar-refractivity contribution >= 4 is 34.5 Å². The van der Waals surface area contributed by atoms with Crippen molar-refractivity contribution in [3.8, 4) is 9.88 Å². The van der Waals surface area contributed by atoms with Gasteiger partial charge in [-0.2, -0.15) is 0 Å². The Morgan fingerprint density at radius 1 is 1.11 bits per heavy atom. The molecule has 0 radical (unpaired) electrons. The Labute approximate surface area is 167 Å². The zero-order chi connectivity index (χ0) is 18.6. The summed E-state index contributed by atoms with van der Waals surface area (Å²) >= 11 is 3.10. The van der Waals surface area contributed by atoms with Crippen molar-refractivity contribution in [3.05, 3.63) is 28.6 Å². The number of likely N-dealkylation sites (tertiary alicyclic amines) is 1. The number of aromatic nitrogens is 1. The van der Waals surface area contributed by atoms with Crippen molar-refractivity contribution < 1.29 is 9.59 Å². The van der Waals surface area contributed by atoms with Gasteiger partial charge in [-0.1, -0.05) is 25.3 Å². The molecule has 1 saturated heterocycles. The first kappa shape index (κ1) is 18.6. The Morgan fingerprint density at radius 2 is 1.89 bits per heavy atom. The lowest BCUT2D eigenvalue weighted by molar-refractivity contribution is -0.126. The Kier molecular flexibility index (Phi) is 5.88. The van der Waals surface area contributed by atoms with Crippen molar-refractivity contribution in [1.29, 1.82) is 0 Å². The van der Waals surface area contributed by atoms with Crippen LogP contribution in [0, 0.1) is 5.92 Å². The summed E-state index contributed by atoms with van der Waals surface area (Å²) < 4.78 is 0. The van der Waals surface area contributed by atoms with Gasteiger partial charge >= 0.3 is 0 Å². The molecule has 1 N–H and O–H groups in total. The van der Waals surface area contributed by atoms with Crippen LogP contribution in [0.15, 0.2) is 23.7 Å². The topological polar surface area (TPSA) is 62.3 Å². The summed E-state index contributed by atoms with van der Waals surface area (Å²) in [4.78, 5) is 33.3. The average molecular weight is 404 g/mol. The first-order chi connectivity index (χ1) is 13.2. The lowest BCUT2D eigenvalue weighted by atomic mass is 9.88. The number of hydrogen-bond acceptors (Lipinski definition) is 5. The smallest absolute Gasteiger partial charge is 0.265 e. The van der Waals surface area contributed by atoms with Gasteiger partial charge in [0.25, 0.3) is 5.91 Å². The van der Waals surface area contributed by atoms with E-state index in [1.807, 2.05) is 22.4 Å². The molecule has 1 aliphatic heterocycles. The van der Waals surface area contributed by atoms with Gasteiger partial charge in [-0.25, -0.2) is 4.98 Å². The maximum absolute atomic E-state index is 12.8. The molecule has 2 aromatic rings. The van der Waals surface area contributed by atoms with Gasteiger partial charge in [0, 0.05) is 25.0 Å². The van der Waals surface area contributed by atoms with E-state index in [0.29, 0.717) is 18.0 Å². The number of piperidine rings is 1. The Hall–Kier alpha value is -1.73. The fourth-order valence-corrected chi connectivity index (χ4v) is 5.64. The van der Waals surface area contributed by atoms with Gasteiger partial charge in [-0.3, -0.25) is 9.59 Å². The minimum Gasteiger partial charge on any atom is -0.353 e. The third kappa shape index (κ3) is 4.41. The number of amides is 2. The van der Waals surface area contributed by atoms with Gasteiger partial charge in [-0.15, -0.1) is 22.7 Å². The largest absolute Gasteiger partial charge is 0.353 e. The SMILES string of the molecule is O=C(NC1CCN(C(=O)c2cnc(-c3cccs3)s2)CC1)C1CCCCC1. The second-order valence-electron chi connectivity index (χ2n) is 7.42. The van der Waals surface area contributed by atoms with Crippen LogP contribution in [0.1, 0.15) is 54.6 Å². The van der Waals surface area contributed by atoms with Crippen LogP contribution < -0.4 is 5.32 Å². The monoisotopic (exact) mass is 403 g/mol. The van der Waals surface area contributed by atoms with Crippen LogP contribution in [0.4, 0.5) is 0 Å². The van der Waals surface area contributed by atoms with Gasteiger partial charge < -0.3 is 10.2 Å². The predicted octanol–water partition coefficient (Wildman–Crippen LogP) is 4.17. The van der Waals surface area contributed by atoms with E-state index in [0.717, 1.165) is 35.6 Å². The molecule has 5 nitrogen and oxygen atoms in total. The molecule has 3 heterocycles. The van der Waals surface area contributed by atoms with Crippen molar-refractivity contribution in [2.75, 3.05) is 13.1 Å². The molecule has 2 aliphatic rings. The van der Waals surface area contributed by atoms with Crippen LogP contribution in [0.3, 0.4) is 0 Å². The molecule has 0 atom stereocenters. The molecule has 0 unspecified atom stereocenters. The Balaban J connectivity index is 1.28. The number of carbonyl (C=O) groups is 2. The highest BCUT2D eigenvalue weighted by Crippen LogP contribution is 2.30. The molecular weight excluding hydrogens is 378 g/mol. The fourth-order valence-electron chi connectivity index (χ4n) is 3.95. The quantitative estimate of drug-likeness (QED) is 0.833. The summed E-state index contributed by atoms with van der Waals surface area (Å²) in [6, 6.07) is 4.22. The molecule has 4 rings (SSSR count). The van der Waals surface area contributed by atoms with Gasteiger partial charge in [0.05, 0.1) is 11.1 Å². The van der Waals surface area contributed by atoms with Gasteiger partial charge in [0.2, 0.25) is 5.91 Å². The Morgan fingerprint density at radius 3 is 2.59 bits per heavy atom. The standard InChI is InChI=1S/C20H25N3O2S2/c24-18(14-5-2-1-3-6-14)22-15-8-10-23(11-9-15)20(25)17-13-21-19(27-17)16-7-4-12-26-16/h4,7,12-15H,1-3,5-6,8-11H2,(H,22,24). The van der Waals surface area contributed by atoms with E-state index in [1.54, 1.807) is 17.5 Å². The summed E-state index contributed by atoms with van der Waals surface area (Å²) in [5.74, 6) is 0.487. The highest BCUT2D eigenvalue weighted by molar-refractivity contribution is 7.21. The van der Waals surface area contributed by atoms with Crippen molar-refractivity contribution in [3.63, 3.8) is 0 Å². The average Bonchev–Trinajstić information content (AvgIpc) is 3.40. The van der Waals surface area contributed by atoms with E-state index in [2.05, 4.69) is 10.3 Å². The Bertz CT molecular complexity index is 773. The molecule has 27 heavy (non-hydrogen) atoms. The van der Waals surface area contributed by atoms with E-state index in [4.69, 9.17) is 0 Å². The summed E-state index contributed by atoms with van der Waals surface area (Å²) in [7, 11) is 0. The molecule has 0 spiro atoms. The van der Waals surface area contributed by atoms with E-state index in [9.17, 15) is 9.59 Å². The zero-order valence-electron chi connectivity index (χ0n) is 15.4. The molecule has 7 heteroatoms. The highest BCUT2D eigenvalue weighted by atomic mass is 32.1. The first-order valence-corrected chi connectivity index (χ1v) is 11.5. The molecule has 1 saturated carbocycles. The third-order valence-corrected chi connectivity index (χ3v) is 7.58. The van der Waals surface area contributed by atoms with Gasteiger partial charge in [-0.05, 0) is 37.1 Å². The van der Waals surface area contributed by atoms with Gasteiger partial charge in [0.15, 0.2) is 0 Å². The third-order valence-electron chi connectivity index (χ3n) is 5.55. The van der Waals surface area contributed by atoms with Crippen LogP contribution in [-0.4, -0.2) is 40.8 Å². The van der Waals surface area contributed by atoms with Crippen molar-refractivity contribution in [2.45, 2.75) is 51.0 Å². The second-order valence-corrected chi connectivity index (χ2v) is 9.40. The predicted molar refractivity (Wildman–Crippen MR) is 109 cm³/mol. The van der Waals surface area contributed by atoms with E-state index >= 15 is 0 Å². The molecule has 2 aromatic heterocycles. The number of nitrogens with zero attached hydrogens (tertiary/aromatic N) is 2. The molecule has 2 amide bonds. The summed E-state index contributed by atoms with van der Waals surface area (Å²) in [6.07, 6.45) is 9.03. The number of nitrogens with one attached hydrogen (secondary N) is 1. The highest BCUT2D eigenvalue weighted by Gasteiger charge is 2.28. The van der Waals surface area contributed by atoms with Crippen LogP contribution in [0.25, 0.3) is 9.88 Å². The van der Waals surface area contributed by atoms with Crippen molar-refractivity contribution in [2.24, 2.45) is 5.92 Å². The molecule has 2 fully saturated rings. The number of carbonyl (C=O) groups excluding carboxylic acids is 2. The van der Waals surface area contributed by atoms with Crippen LogP contribution >= 0.6 is 22.7 Å². The minimum absolute atomic E-state index is 0.0624. The maximum Gasteiger partial charge on any atom is 0.265 e. The number of hydrogen-bond donors (Lipinski definition) is 1. The van der Waals surface area contributed by atoms with Crippen LogP contribution in [0.2, 0.25) is 0 Å². The molecule has 144 valence electrons. The summed E-state index contributed by atoms with van der Waals surface area (Å²) in [6.45, 7) is 1.39. The minimum atomic E-state index is 0.0624.